The lowest BCUT2D eigenvalue weighted by Crippen LogP contribution is -2.23. The monoisotopic (exact) mass is 268 g/mol. The van der Waals surface area contributed by atoms with Crippen molar-refractivity contribution in [1.82, 2.24) is 5.32 Å². The third kappa shape index (κ3) is 3.00. The summed E-state index contributed by atoms with van der Waals surface area (Å²) >= 11 is 0. The molecule has 1 aliphatic heterocycles. The highest BCUT2D eigenvalue weighted by molar-refractivity contribution is 5.34. The minimum absolute atomic E-state index is 0.107. The highest BCUT2D eigenvalue weighted by Crippen LogP contribution is 2.27. The van der Waals surface area contributed by atoms with Crippen LogP contribution in [0.25, 0.3) is 0 Å². The van der Waals surface area contributed by atoms with E-state index in [2.05, 4.69) is 17.4 Å². The maximum Gasteiger partial charge on any atom is 0.127 e. The Morgan fingerprint density at radius 3 is 2.35 bits per heavy atom. The minimum Gasteiger partial charge on any atom is -0.457 e. The molecule has 2 unspecified atom stereocenters. The lowest BCUT2D eigenvalue weighted by atomic mass is 9.93. The van der Waals surface area contributed by atoms with Crippen molar-refractivity contribution in [1.29, 1.82) is 0 Å². The molecule has 2 atom stereocenters. The van der Waals surface area contributed by atoms with E-state index in [0.717, 1.165) is 31.0 Å². The van der Waals surface area contributed by atoms with Crippen LogP contribution in [0.15, 0.2) is 54.6 Å². The summed E-state index contributed by atoms with van der Waals surface area (Å²) in [6.07, 6.45) is 1.16. The molecule has 3 heteroatoms. The van der Waals surface area contributed by atoms with Crippen LogP contribution in [-0.2, 0) is 0 Å². The Bertz CT molecular complexity index is 533. The number of para-hydroxylation sites is 1. The van der Waals surface area contributed by atoms with Crippen molar-refractivity contribution >= 4 is 0 Å². The van der Waals surface area contributed by atoms with Crippen molar-refractivity contribution < 1.29 is 4.74 Å². The predicted octanol–water partition coefficient (Wildman–Crippen LogP) is 3.09. The number of hydrogen-bond acceptors (Lipinski definition) is 3. The van der Waals surface area contributed by atoms with Gasteiger partial charge in [0.05, 0.1) is 0 Å². The van der Waals surface area contributed by atoms with E-state index in [-0.39, 0.29) is 6.04 Å². The van der Waals surface area contributed by atoms with Gasteiger partial charge in [0.25, 0.3) is 0 Å². The summed E-state index contributed by atoms with van der Waals surface area (Å²) in [6, 6.07) is 18.0. The standard InChI is InChI=1S/C17H20N2O/c18-17(14-10-11-19-12-14)13-6-8-16(9-7-13)20-15-4-2-1-3-5-15/h1-9,14,17,19H,10-12,18H2. The maximum atomic E-state index is 6.32. The zero-order valence-electron chi connectivity index (χ0n) is 11.5. The van der Waals surface area contributed by atoms with Gasteiger partial charge in [-0.15, -0.1) is 0 Å². The van der Waals surface area contributed by atoms with Crippen LogP contribution >= 0.6 is 0 Å². The summed E-state index contributed by atoms with van der Waals surface area (Å²) in [4.78, 5) is 0. The van der Waals surface area contributed by atoms with Gasteiger partial charge in [-0.05, 0) is 55.3 Å². The van der Waals surface area contributed by atoms with Gasteiger partial charge in [0.15, 0.2) is 0 Å². The first-order valence-corrected chi connectivity index (χ1v) is 7.12. The first-order chi connectivity index (χ1) is 9.83. The molecule has 3 nitrogen and oxygen atoms in total. The normalized spacial score (nSPS) is 19.8. The molecule has 104 valence electrons. The molecule has 0 radical (unpaired) electrons. The van der Waals surface area contributed by atoms with E-state index < -0.39 is 0 Å². The van der Waals surface area contributed by atoms with Gasteiger partial charge in [0, 0.05) is 6.04 Å². The molecule has 20 heavy (non-hydrogen) atoms. The number of benzene rings is 2. The van der Waals surface area contributed by atoms with Gasteiger partial charge in [-0.25, -0.2) is 0 Å². The van der Waals surface area contributed by atoms with Gasteiger partial charge in [-0.3, -0.25) is 0 Å². The molecule has 0 aromatic heterocycles. The van der Waals surface area contributed by atoms with Crippen LogP contribution in [0, 0.1) is 5.92 Å². The summed E-state index contributed by atoms with van der Waals surface area (Å²) in [7, 11) is 0. The van der Waals surface area contributed by atoms with Crippen molar-refractivity contribution in [2.24, 2.45) is 11.7 Å². The number of nitrogens with one attached hydrogen (secondary N) is 1. The minimum atomic E-state index is 0.107. The Morgan fingerprint density at radius 1 is 1.00 bits per heavy atom. The van der Waals surface area contributed by atoms with Crippen molar-refractivity contribution in [2.75, 3.05) is 13.1 Å². The average molecular weight is 268 g/mol. The predicted molar refractivity (Wildman–Crippen MR) is 80.9 cm³/mol. The van der Waals surface area contributed by atoms with Gasteiger partial charge >= 0.3 is 0 Å². The molecule has 2 aromatic rings. The molecule has 3 N–H and O–H groups in total. The fraction of sp³-hybridized carbons (Fsp3) is 0.294. The molecule has 0 bridgehead atoms. The van der Waals surface area contributed by atoms with Crippen LogP contribution in [-0.4, -0.2) is 13.1 Å². The van der Waals surface area contributed by atoms with E-state index in [4.69, 9.17) is 10.5 Å². The summed E-state index contributed by atoms with van der Waals surface area (Å²) in [5, 5.41) is 3.36. The second-order valence-electron chi connectivity index (χ2n) is 5.26. The number of hydrogen-bond donors (Lipinski definition) is 2. The lowest BCUT2D eigenvalue weighted by molar-refractivity contribution is 0.466. The van der Waals surface area contributed by atoms with Crippen LogP contribution in [0.4, 0.5) is 0 Å². The van der Waals surface area contributed by atoms with Crippen LogP contribution in [0.2, 0.25) is 0 Å². The molecule has 0 amide bonds. The summed E-state index contributed by atoms with van der Waals surface area (Å²) in [5.41, 5.74) is 7.50. The Labute approximate surface area is 119 Å². The second kappa shape index (κ2) is 6.07. The first kappa shape index (κ1) is 13.2. The number of nitrogens with two attached hydrogens (primary N) is 1. The Kier molecular flexibility index (Phi) is 4.00. The van der Waals surface area contributed by atoms with Crippen LogP contribution in [0.1, 0.15) is 18.0 Å². The third-order valence-electron chi connectivity index (χ3n) is 3.85. The SMILES string of the molecule is NC(c1ccc(Oc2ccccc2)cc1)C1CCNC1. The zero-order valence-corrected chi connectivity index (χ0v) is 11.5. The molecule has 1 aliphatic rings. The number of rotatable bonds is 4. The molecule has 2 aromatic carbocycles. The zero-order chi connectivity index (χ0) is 13.8. The second-order valence-corrected chi connectivity index (χ2v) is 5.26. The fourth-order valence-corrected chi connectivity index (χ4v) is 2.64. The van der Waals surface area contributed by atoms with Crippen molar-refractivity contribution in [3.05, 3.63) is 60.2 Å². The topological polar surface area (TPSA) is 47.3 Å². The number of ether oxygens (including phenoxy) is 1. The van der Waals surface area contributed by atoms with Gasteiger partial charge in [0.1, 0.15) is 11.5 Å². The van der Waals surface area contributed by atoms with Gasteiger partial charge in [-0.1, -0.05) is 30.3 Å². The summed E-state index contributed by atoms with van der Waals surface area (Å²) in [6.45, 7) is 2.09. The van der Waals surface area contributed by atoms with Gasteiger partial charge in [-0.2, -0.15) is 0 Å². The highest BCUT2D eigenvalue weighted by Gasteiger charge is 2.22. The molecule has 0 spiro atoms. The fourth-order valence-electron chi connectivity index (χ4n) is 2.64. The third-order valence-corrected chi connectivity index (χ3v) is 3.85. The van der Waals surface area contributed by atoms with Crippen molar-refractivity contribution in [3.63, 3.8) is 0 Å². The highest BCUT2D eigenvalue weighted by atomic mass is 16.5. The Balaban J connectivity index is 1.68. The van der Waals surface area contributed by atoms with E-state index in [0.29, 0.717) is 5.92 Å². The van der Waals surface area contributed by atoms with E-state index in [9.17, 15) is 0 Å². The van der Waals surface area contributed by atoms with Crippen LogP contribution in [0.3, 0.4) is 0 Å². The molecule has 3 rings (SSSR count). The largest absolute Gasteiger partial charge is 0.457 e. The molecular weight excluding hydrogens is 248 g/mol. The van der Waals surface area contributed by atoms with Crippen molar-refractivity contribution in [2.45, 2.75) is 12.5 Å². The molecular formula is C17H20N2O. The molecule has 0 aliphatic carbocycles. The van der Waals surface area contributed by atoms with E-state index in [1.165, 1.54) is 5.56 Å². The van der Waals surface area contributed by atoms with E-state index in [1.54, 1.807) is 0 Å². The Hall–Kier alpha value is -1.84. The maximum absolute atomic E-state index is 6.32. The quantitative estimate of drug-likeness (QED) is 0.895. The van der Waals surface area contributed by atoms with E-state index in [1.807, 2.05) is 42.5 Å². The van der Waals surface area contributed by atoms with Gasteiger partial charge in [0.2, 0.25) is 0 Å². The molecule has 1 fully saturated rings. The summed E-state index contributed by atoms with van der Waals surface area (Å²) < 4.78 is 5.79. The molecule has 1 saturated heterocycles. The van der Waals surface area contributed by atoms with E-state index >= 15 is 0 Å². The van der Waals surface area contributed by atoms with Crippen LogP contribution < -0.4 is 15.8 Å². The lowest BCUT2D eigenvalue weighted by Gasteiger charge is -2.18. The smallest absolute Gasteiger partial charge is 0.127 e. The summed E-state index contributed by atoms with van der Waals surface area (Å²) in [5.74, 6) is 2.23. The molecule has 0 saturated carbocycles. The Morgan fingerprint density at radius 2 is 1.70 bits per heavy atom. The van der Waals surface area contributed by atoms with Crippen molar-refractivity contribution in [3.8, 4) is 11.5 Å². The molecule has 1 heterocycles. The van der Waals surface area contributed by atoms with Crippen LogP contribution in [0.5, 0.6) is 11.5 Å². The first-order valence-electron chi connectivity index (χ1n) is 7.12. The average Bonchev–Trinajstić information content (AvgIpc) is 3.03. The van der Waals surface area contributed by atoms with Gasteiger partial charge < -0.3 is 15.8 Å².